The van der Waals surface area contributed by atoms with Crippen LogP contribution in [0.15, 0.2) is 60.9 Å². The number of carbonyl (C=O) groups is 1. The Morgan fingerprint density at radius 3 is 2.68 bits per heavy atom. The van der Waals surface area contributed by atoms with E-state index in [4.69, 9.17) is 15.7 Å². The number of rotatable bonds is 10. The Morgan fingerprint density at radius 1 is 1.18 bits per heavy atom. The smallest absolute Gasteiger partial charge is 0.139 e. The molecule has 4 rings (SSSR count). The van der Waals surface area contributed by atoms with E-state index < -0.39 is 0 Å². The van der Waals surface area contributed by atoms with E-state index in [1.54, 1.807) is 0 Å². The van der Waals surface area contributed by atoms with Crippen LogP contribution in [0, 0.1) is 17.2 Å². The first-order chi connectivity index (χ1) is 16.7. The molecule has 34 heavy (non-hydrogen) atoms. The number of para-hydroxylation sites is 1. The molecule has 0 aliphatic carbocycles. The predicted octanol–water partition coefficient (Wildman–Crippen LogP) is 4.12. The lowest BCUT2D eigenvalue weighted by atomic mass is 10.0. The van der Waals surface area contributed by atoms with Gasteiger partial charge in [0.2, 0.25) is 0 Å². The highest BCUT2D eigenvalue weighted by Crippen LogP contribution is 2.33. The van der Waals surface area contributed by atoms with Gasteiger partial charge in [-0.05, 0) is 49.2 Å². The number of hydrogen-bond acceptors (Lipinski definition) is 8. The second kappa shape index (κ2) is 11.3. The number of likely N-dealkylation sites (tertiary alicyclic amines) is 1. The first-order valence-corrected chi connectivity index (χ1v) is 11.4. The number of benzene rings is 2. The van der Waals surface area contributed by atoms with Gasteiger partial charge in [-0.2, -0.15) is 5.26 Å². The Bertz CT molecular complexity index is 1130. The summed E-state index contributed by atoms with van der Waals surface area (Å²) < 4.78 is 5.89. The molecule has 1 aliphatic rings. The summed E-state index contributed by atoms with van der Waals surface area (Å²) in [6.07, 6.45) is 4.25. The third-order valence-corrected chi connectivity index (χ3v) is 5.97. The van der Waals surface area contributed by atoms with E-state index >= 15 is 0 Å². The molecule has 2 aromatic carbocycles. The summed E-state index contributed by atoms with van der Waals surface area (Å²) in [5.74, 6) is 2.41. The summed E-state index contributed by atoms with van der Waals surface area (Å²) in [4.78, 5) is 21.7. The van der Waals surface area contributed by atoms with Crippen LogP contribution in [0.1, 0.15) is 19.3 Å². The molecule has 0 bridgehead atoms. The number of nitrogens with zero attached hydrogens (tertiary/aromatic N) is 4. The normalized spacial score (nSPS) is 16.5. The summed E-state index contributed by atoms with van der Waals surface area (Å²) in [6, 6.07) is 19.8. The van der Waals surface area contributed by atoms with Crippen molar-refractivity contribution in [1.29, 1.82) is 5.26 Å². The highest BCUT2D eigenvalue weighted by atomic mass is 16.5. The molecule has 0 spiro atoms. The largest absolute Gasteiger partial charge is 0.457 e. The minimum atomic E-state index is -0.216. The maximum absolute atomic E-state index is 10.7. The fourth-order valence-corrected chi connectivity index (χ4v) is 4.14. The zero-order valence-corrected chi connectivity index (χ0v) is 18.9. The van der Waals surface area contributed by atoms with Gasteiger partial charge >= 0.3 is 0 Å². The number of nitrogen functional groups attached to an aromatic ring is 1. The van der Waals surface area contributed by atoms with Gasteiger partial charge in [-0.1, -0.05) is 30.3 Å². The highest BCUT2D eigenvalue weighted by molar-refractivity contribution is 5.83. The second-order valence-corrected chi connectivity index (χ2v) is 8.37. The van der Waals surface area contributed by atoms with Crippen LogP contribution in [0.4, 0.5) is 11.6 Å². The van der Waals surface area contributed by atoms with Gasteiger partial charge in [0, 0.05) is 25.6 Å². The Balaban J connectivity index is 1.41. The number of aromatic nitrogens is 2. The number of hydrogen-bond donors (Lipinski definition) is 2. The third-order valence-electron chi connectivity index (χ3n) is 5.97. The van der Waals surface area contributed by atoms with Gasteiger partial charge in [-0.3, -0.25) is 0 Å². The predicted molar refractivity (Wildman–Crippen MR) is 131 cm³/mol. The van der Waals surface area contributed by atoms with E-state index in [-0.39, 0.29) is 12.0 Å². The molecule has 174 valence electrons. The SMILES string of the molecule is N#CC(CC=O)CCN1CCC(Nc2ncnc(N)c2-c2ccc(Oc3ccccc3)cc2)C1. The standard InChI is InChI=1S/C26H28N6O2/c27-16-19(12-15-33)10-13-32-14-11-21(17-32)31-26-24(25(28)29-18-30-26)20-6-8-23(9-7-20)34-22-4-2-1-3-5-22/h1-9,15,18-19,21H,10-14,17H2,(H3,28,29,30,31). The average Bonchev–Trinajstić information content (AvgIpc) is 3.30. The lowest BCUT2D eigenvalue weighted by Gasteiger charge is -2.19. The molecule has 3 aromatic rings. The van der Waals surface area contributed by atoms with Gasteiger partial charge in [0.15, 0.2) is 0 Å². The first-order valence-electron chi connectivity index (χ1n) is 11.4. The van der Waals surface area contributed by atoms with Crippen molar-refractivity contribution in [2.75, 3.05) is 30.7 Å². The molecule has 2 unspecified atom stereocenters. The molecular formula is C26H28N6O2. The molecule has 0 radical (unpaired) electrons. The fourth-order valence-electron chi connectivity index (χ4n) is 4.14. The maximum Gasteiger partial charge on any atom is 0.139 e. The summed E-state index contributed by atoms with van der Waals surface area (Å²) in [7, 11) is 0. The number of nitrogens with one attached hydrogen (secondary N) is 1. The fraction of sp³-hybridized carbons (Fsp3) is 0.308. The minimum absolute atomic E-state index is 0.209. The van der Waals surface area contributed by atoms with Gasteiger partial charge in [0.05, 0.1) is 17.6 Å². The van der Waals surface area contributed by atoms with Crippen molar-refractivity contribution in [3.05, 3.63) is 60.9 Å². The molecule has 1 aromatic heterocycles. The Kier molecular flexibility index (Phi) is 7.68. The Hall–Kier alpha value is -3.96. The minimum Gasteiger partial charge on any atom is -0.457 e. The van der Waals surface area contributed by atoms with Crippen LogP contribution in [-0.2, 0) is 4.79 Å². The highest BCUT2D eigenvalue weighted by Gasteiger charge is 2.25. The lowest BCUT2D eigenvalue weighted by molar-refractivity contribution is -0.108. The molecule has 0 saturated carbocycles. The molecule has 8 heteroatoms. The number of anilines is 2. The summed E-state index contributed by atoms with van der Waals surface area (Å²) in [5.41, 5.74) is 7.92. The van der Waals surface area contributed by atoms with Crippen molar-refractivity contribution in [2.45, 2.75) is 25.3 Å². The van der Waals surface area contributed by atoms with Crippen molar-refractivity contribution in [2.24, 2.45) is 5.92 Å². The zero-order chi connectivity index (χ0) is 23.8. The molecule has 1 aliphatic heterocycles. The Labute approximate surface area is 199 Å². The van der Waals surface area contributed by atoms with E-state index in [1.807, 2.05) is 54.6 Å². The summed E-state index contributed by atoms with van der Waals surface area (Å²) >= 11 is 0. The lowest BCUT2D eigenvalue weighted by Crippen LogP contribution is -2.28. The summed E-state index contributed by atoms with van der Waals surface area (Å²) in [6.45, 7) is 2.57. The number of aldehydes is 1. The number of ether oxygens (including phenoxy) is 1. The van der Waals surface area contributed by atoms with E-state index in [0.717, 1.165) is 55.0 Å². The number of carbonyl (C=O) groups excluding carboxylic acids is 1. The van der Waals surface area contributed by atoms with Gasteiger partial charge in [-0.25, -0.2) is 9.97 Å². The quantitative estimate of drug-likeness (QED) is 0.438. The van der Waals surface area contributed by atoms with Crippen LogP contribution >= 0.6 is 0 Å². The second-order valence-electron chi connectivity index (χ2n) is 8.37. The average molecular weight is 457 g/mol. The molecule has 2 heterocycles. The Morgan fingerprint density at radius 2 is 1.94 bits per heavy atom. The van der Waals surface area contributed by atoms with Crippen molar-refractivity contribution in [3.8, 4) is 28.7 Å². The van der Waals surface area contributed by atoms with Crippen molar-refractivity contribution in [1.82, 2.24) is 14.9 Å². The maximum atomic E-state index is 10.7. The summed E-state index contributed by atoms with van der Waals surface area (Å²) in [5, 5.41) is 12.7. The van der Waals surface area contributed by atoms with E-state index in [1.165, 1.54) is 6.33 Å². The van der Waals surface area contributed by atoms with Crippen molar-refractivity contribution >= 4 is 17.9 Å². The van der Waals surface area contributed by atoms with Gasteiger partial charge in [-0.15, -0.1) is 0 Å². The van der Waals surface area contributed by atoms with Gasteiger partial charge < -0.3 is 25.5 Å². The molecule has 0 amide bonds. The van der Waals surface area contributed by atoms with Crippen LogP contribution in [0.2, 0.25) is 0 Å². The first kappa shape index (κ1) is 23.2. The molecule has 1 saturated heterocycles. The van der Waals surface area contributed by atoms with Crippen LogP contribution in [0.3, 0.4) is 0 Å². The van der Waals surface area contributed by atoms with E-state index in [9.17, 15) is 4.79 Å². The van der Waals surface area contributed by atoms with Crippen molar-refractivity contribution in [3.63, 3.8) is 0 Å². The number of nitrogens with two attached hydrogens (primary N) is 1. The zero-order valence-electron chi connectivity index (χ0n) is 18.9. The van der Waals surface area contributed by atoms with E-state index in [2.05, 4.69) is 26.3 Å². The van der Waals surface area contributed by atoms with Crippen LogP contribution < -0.4 is 15.8 Å². The topological polar surface area (TPSA) is 117 Å². The number of nitriles is 1. The van der Waals surface area contributed by atoms with Gasteiger partial charge in [0.25, 0.3) is 0 Å². The van der Waals surface area contributed by atoms with Crippen LogP contribution in [-0.4, -0.2) is 46.8 Å². The van der Waals surface area contributed by atoms with Crippen molar-refractivity contribution < 1.29 is 9.53 Å². The molecule has 3 N–H and O–H groups in total. The molecule has 1 fully saturated rings. The van der Waals surface area contributed by atoms with E-state index in [0.29, 0.717) is 24.5 Å². The molecular weight excluding hydrogens is 428 g/mol. The molecule has 2 atom stereocenters. The third kappa shape index (κ3) is 5.88. The molecule has 8 nitrogen and oxygen atoms in total. The van der Waals surface area contributed by atoms with Crippen LogP contribution in [0.5, 0.6) is 11.5 Å². The monoisotopic (exact) mass is 456 g/mol. The van der Waals surface area contributed by atoms with Gasteiger partial charge in [0.1, 0.15) is 35.7 Å². The van der Waals surface area contributed by atoms with Crippen LogP contribution in [0.25, 0.3) is 11.1 Å².